The van der Waals surface area contributed by atoms with Crippen molar-refractivity contribution in [3.05, 3.63) is 97.6 Å². The molecule has 180 valence electrons. The van der Waals surface area contributed by atoms with Crippen molar-refractivity contribution in [1.82, 2.24) is 0 Å². The summed E-state index contributed by atoms with van der Waals surface area (Å²) in [5.74, 6) is 0.932. The number of ketones is 1. The molecule has 0 amide bonds. The van der Waals surface area contributed by atoms with Gasteiger partial charge < -0.3 is 14.2 Å². The number of nitrogens with zero attached hydrogens (tertiary/aromatic N) is 2. The number of hydrogen-bond donors (Lipinski definition) is 0. The second-order valence-electron chi connectivity index (χ2n) is 8.68. The van der Waals surface area contributed by atoms with Gasteiger partial charge in [-0.1, -0.05) is 0 Å². The van der Waals surface area contributed by atoms with Crippen LogP contribution >= 0.6 is 0 Å². The minimum atomic E-state index is -0.666. The largest absolute Gasteiger partial charge is 0.486 e. The molecule has 10 nitrogen and oxygen atoms in total. The minimum Gasteiger partial charge on any atom is -0.486 e. The van der Waals surface area contributed by atoms with Gasteiger partial charge in [-0.3, -0.25) is 25.0 Å². The van der Waals surface area contributed by atoms with Gasteiger partial charge >= 0.3 is 0 Å². The van der Waals surface area contributed by atoms with Crippen LogP contribution < -0.4 is 14.2 Å². The highest BCUT2D eigenvalue weighted by molar-refractivity contribution is 6.01. The number of carbonyl (C=O) groups is 1. The molecule has 1 heterocycles. The van der Waals surface area contributed by atoms with Gasteiger partial charge in [0, 0.05) is 30.3 Å². The average Bonchev–Trinajstić information content (AvgIpc) is 2.81. The van der Waals surface area contributed by atoms with Crippen LogP contribution in [0.3, 0.4) is 0 Å². The number of carbonyl (C=O) groups excluding carboxylic acids is 1. The number of rotatable bonds is 8. The zero-order valence-corrected chi connectivity index (χ0v) is 19.1. The summed E-state index contributed by atoms with van der Waals surface area (Å²) in [6.07, 6.45) is 0.213. The van der Waals surface area contributed by atoms with Crippen molar-refractivity contribution in [3.8, 4) is 17.2 Å². The van der Waals surface area contributed by atoms with Crippen molar-refractivity contribution in [2.75, 3.05) is 0 Å². The summed E-state index contributed by atoms with van der Waals surface area (Å²) >= 11 is 0. The Kier molecular flexibility index (Phi) is 6.37. The van der Waals surface area contributed by atoms with Gasteiger partial charge in [0.1, 0.15) is 24.6 Å². The molecule has 0 unspecified atom stereocenters. The second kappa shape index (κ2) is 9.41. The average molecular weight is 478 g/mol. The van der Waals surface area contributed by atoms with E-state index in [1.165, 1.54) is 24.3 Å². The Morgan fingerprint density at radius 2 is 1.29 bits per heavy atom. The standard InChI is InChI=1S/C25H22N2O8/c1-25(2)13-21(28)20-11-23(33-14-16-3-7-18(8-4-16)26(29)30)24(12-22(20)35-25)34-15-17-5-9-19(10-6-17)27(31)32/h3-12H,13-15H2,1-2H3. The van der Waals surface area contributed by atoms with Crippen LogP contribution in [0.5, 0.6) is 17.2 Å². The summed E-state index contributed by atoms with van der Waals surface area (Å²) in [7, 11) is 0. The molecular formula is C25H22N2O8. The lowest BCUT2D eigenvalue weighted by Crippen LogP contribution is -2.35. The van der Waals surface area contributed by atoms with Crippen molar-refractivity contribution >= 4 is 17.2 Å². The lowest BCUT2D eigenvalue weighted by molar-refractivity contribution is -0.385. The van der Waals surface area contributed by atoms with E-state index in [2.05, 4.69) is 0 Å². The van der Waals surface area contributed by atoms with Gasteiger partial charge in [0.05, 0.1) is 21.8 Å². The second-order valence-corrected chi connectivity index (χ2v) is 8.68. The Hall–Kier alpha value is -4.47. The Bertz CT molecular complexity index is 1280. The Balaban J connectivity index is 1.59. The molecule has 0 saturated carbocycles. The number of Topliss-reactive ketones (excluding diaryl/α,β-unsaturated/α-hetero) is 1. The number of hydrogen-bond acceptors (Lipinski definition) is 8. The fourth-order valence-electron chi connectivity index (χ4n) is 3.63. The maximum Gasteiger partial charge on any atom is 0.269 e. The Labute approximate surface area is 200 Å². The number of nitro benzene ring substituents is 2. The minimum absolute atomic E-state index is 0.0243. The Morgan fingerprint density at radius 3 is 1.74 bits per heavy atom. The lowest BCUT2D eigenvalue weighted by Gasteiger charge is -2.32. The van der Waals surface area contributed by atoms with Gasteiger partial charge in [-0.2, -0.15) is 0 Å². The molecule has 3 aromatic carbocycles. The van der Waals surface area contributed by atoms with Crippen molar-refractivity contribution in [2.24, 2.45) is 0 Å². The van der Waals surface area contributed by atoms with Crippen LogP contribution in [0.1, 0.15) is 41.8 Å². The Morgan fingerprint density at radius 1 is 0.829 bits per heavy atom. The van der Waals surface area contributed by atoms with Crippen molar-refractivity contribution in [2.45, 2.75) is 39.1 Å². The number of fused-ring (bicyclic) bond motifs is 1. The molecular weight excluding hydrogens is 456 g/mol. The molecule has 10 heteroatoms. The fourth-order valence-corrected chi connectivity index (χ4v) is 3.63. The molecule has 3 aromatic rings. The van der Waals surface area contributed by atoms with Gasteiger partial charge in [-0.15, -0.1) is 0 Å². The highest BCUT2D eigenvalue weighted by atomic mass is 16.6. The van der Waals surface area contributed by atoms with Crippen molar-refractivity contribution in [1.29, 1.82) is 0 Å². The molecule has 0 saturated heterocycles. The van der Waals surface area contributed by atoms with Gasteiger partial charge in [0.15, 0.2) is 17.3 Å². The highest BCUT2D eigenvalue weighted by Gasteiger charge is 2.34. The van der Waals surface area contributed by atoms with E-state index < -0.39 is 15.4 Å². The molecule has 0 fully saturated rings. The summed E-state index contributed by atoms with van der Waals surface area (Å²) in [6, 6.07) is 15.1. The fraction of sp³-hybridized carbons (Fsp3) is 0.240. The zero-order valence-electron chi connectivity index (χ0n) is 19.1. The topological polar surface area (TPSA) is 131 Å². The van der Waals surface area contributed by atoms with E-state index in [-0.39, 0.29) is 36.8 Å². The summed E-state index contributed by atoms with van der Waals surface area (Å²) in [6.45, 7) is 3.84. The summed E-state index contributed by atoms with van der Waals surface area (Å²) < 4.78 is 17.9. The molecule has 0 aromatic heterocycles. The summed E-state index contributed by atoms with van der Waals surface area (Å²) in [5, 5.41) is 21.7. The molecule has 0 spiro atoms. The van der Waals surface area contributed by atoms with E-state index in [1.807, 2.05) is 13.8 Å². The van der Waals surface area contributed by atoms with E-state index in [9.17, 15) is 25.0 Å². The first-order chi connectivity index (χ1) is 16.6. The number of ether oxygens (including phenoxy) is 3. The summed E-state index contributed by atoms with van der Waals surface area (Å²) in [5.41, 5.74) is 1.06. The molecule has 0 radical (unpaired) electrons. The SMILES string of the molecule is CC1(C)CC(=O)c2cc(OCc3ccc([N+](=O)[O-])cc3)c(OCc3ccc([N+](=O)[O-])cc3)cc2O1. The molecule has 35 heavy (non-hydrogen) atoms. The lowest BCUT2D eigenvalue weighted by atomic mass is 9.93. The first kappa shape index (κ1) is 23.7. The zero-order chi connectivity index (χ0) is 25.2. The predicted octanol–water partition coefficient (Wildman–Crippen LogP) is 5.40. The van der Waals surface area contributed by atoms with Crippen LogP contribution in [0.4, 0.5) is 11.4 Å². The van der Waals surface area contributed by atoms with Gasteiger partial charge in [0.25, 0.3) is 11.4 Å². The molecule has 0 N–H and O–H groups in total. The first-order valence-corrected chi connectivity index (χ1v) is 10.7. The monoisotopic (exact) mass is 478 g/mol. The van der Waals surface area contributed by atoms with Crippen molar-refractivity contribution in [3.63, 3.8) is 0 Å². The maximum absolute atomic E-state index is 12.7. The van der Waals surface area contributed by atoms with Crippen LogP contribution in [-0.2, 0) is 13.2 Å². The number of non-ortho nitro benzene ring substituents is 2. The molecule has 4 rings (SSSR count). The number of benzene rings is 3. The van der Waals surface area contributed by atoms with E-state index in [1.54, 1.807) is 36.4 Å². The quantitative estimate of drug-likeness (QED) is 0.310. The predicted molar refractivity (Wildman–Crippen MR) is 125 cm³/mol. The van der Waals surface area contributed by atoms with Crippen LogP contribution in [0, 0.1) is 20.2 Å². The first-order valence-electron chi connectivity index (χ1n) is 10.7. The normalized spacial score (nSPS) is 13.9. The molecule has 1 aliphatic heterocycles. The smallest absolute Gasteiger partial charge is 0.269 e. The highest BCUT2D eigenvalue weighted by Crippen LogP contribution is 2.41. The third-order valence-corrected chi connectivity index (χ3v) is 5.40. The third-order valence-electron chi connectivity index (χ3n) is 5.40. The van der Waals surface area contributed by atoms with Crippen LogP contribution in [0.15, 0.2) is 60.7 Å². The maximum atomic E-state index is 12.7. The van der Waals surface area contributed by atoms with Gasteiger partial charge in [-0.05, 0) is 55.3 Å². The van der Waals surface area contributed by atoms with Crippen LogP contribution in [0.2, 0.25) is 0 Å². The van der Waals surface area contributed by atoms with Crippen molar-refractivity contribution < 1.29 is 28.9 Å². The van der Waals surface area contributed by atoms with E-state index in [0.717, 1.165) is 0 Å². The van der Waals surface area contributed by atoms with Gasteiger partial charge in [0.2, 0.25) is 0 Å². The van der Waals surface area contributed by atoms with E-state index in [4.69, 9.17) is 14.2 Å². The number of nitro groups is 2. The third kappa shape index (κ3) is 5.55. The van der Waals surface area contributed by atoms with Crippen LogP contribution in [-0.4, -0.2) is 21.2 Å². The molecule has 0 aliphatic carbocycles. The molecule has 1 aliphatic rings. The summed E-state index contributed by atoms with van der Waals surface area (Å²) in [4.78, 5) is 33.5. The van der Waals surface area contributed by atoms with Crippen LogP contribution in [0.25, 0.3) is 0 Å². The van der Waals surface area contributed by atoms with E-state index >= 15 is 0 Å². The molecule has 0 atom stereocenters. The van der Waals surface area contributed by atoms with Gasteiger partial charge in [-0.25, -0.2) is 0 Å². The molecule has 0 bridgehead atoms. The van der Waals surface area contributed by atoms with E-state index in [0.29, 0.717) is 33.9 Å².